The molecule has 0 aliphatic heterocycles. The summed E-state index contributed by atoms with van der Waals surface area (Å²) in [7, 11) is 0. The van der Waals surface area contributed by atoms with Gasteiger partial charge in [-0.1, -0.05) is 67.6 Å². The molecule has 0 aliphatic carbocycles. The molecule has 18 heavy (non-hydrogen) atoms. The molecule has 0 radical (unpaired) electrons. The monoisotopic (exact) mass is 242 g/mol. The highest BCUT2D eigenvalue weighted by molar-refractivity contribution is 5.29. The van der Waals surface area contributed by atoms with Gasteiger partial charge in [-0.15, -0.1) is 0 Å². The predicted octanol–water partition coefficient (Wildman–Crippen LogP) is 3.02. The second-order valence-electron chi connectivity index (χ2n) is 4.46. The molecule has 2 aromatic rings. The van der Waals surface area contributed by atoms with Crippen LogP contribution in [0.25, 0.3) is 0 Å². The van der Waals surface area contributed by atoms with Crippen LogP contribution in [0, 0.1) is 0 Å². The van der Waals surface area contributed by atoms with E-state index in [1.54, 1.807) is 0 Å². The van der Waals surface area contributed by atoms with Crippen molar-refractivity contribution in [1.29, 1.82) is 0 Å². The lowest BCUT2D eigenvalue weighted by Crippen LogP contribution is -2.32. The van der Waals surface area contributed by atoms with Gasteiger partial charge in [0, 0.05) is 0 Å². The van der Waals surface area contributed by atoms with E-state index in [1.807, 2.05) is 67.6 Å². The first-order valence-electron chi connectivity index (χ1n) is 6.19. The third kappa shape index (κ3) is 2.30. The summed E-state index contributed by atoms with van der Waals surface area (Å²) in [6, 6.07) is 18.6. The molecular formula is C16H18O2. The van der Waals surface area contributed by atoms with Crippen LogP contribution in [-0.2, 0) is 5.60 Å². The first kappa shape index (κ1) is 12.8. The molecule has 94 valence electrons. The summed E-state index contributed by atoms with van der Waals surface area (Å²) in [5.41, 5.74) is 0.220. The summed E-state index contributed by atoms with van der Waals surface area (Å²) >= 11 is 0. The normalized spacial score (nSPS) is 15.9. The lowest BCUT2D eigenvalue weighted by Gasteiger charge is -2.33. The van der Waals surface area contributed by atoms with Crippen molar-refractivity contribution < 1.29 is 10.2 Å². The Morgan fingerprint density at radius 2 is 1.44 bits per heavy atom. The van der Waals surface area contributed by atoms with E-state index in [2.05, 4.69) is 0 Å². The number of benzene rings is 2. The van der Waals surface area contributed by atoms with Gasteiger partial charge in [-0.3, -0.25) is 0 Å². The Balaban J connectivity index is 2.39. The van der Waals surface area contributed by atoms with Crippen molar-refractivity contribution in [3.05, 3.63) is 71.8 Å². The Morgan fingerprint density at radius 1 is 0.944 bits per heavy atom. The van der Waals surface area contributed by atoms with Gasteiger partial charge in [-0.2, -0.15) is 0 Å². The quantitative estimate of drug-likeness (QED) is 0.865. The third-order valence-electron chi connectivity index (χ3n) is 3.38. The van der Waals surface area contributed by atoms with Gasteiger partial charge in [-0.05, 0) is 17.5 Å². The second-order valence-corrected chi connectivity index (χ2v) is 4.46. The fraction of sp³-hybridized carbons (Fsp3) is 0.250. The highest BCUT2D eigenvalue weighted by Gasteiger charge is 2.36. The molecule has 0 saturated heterocycles. The van der Waals surface area contributed by atoms with Crippen LogP contribution in [0.2, 0.25) is 0 Å². The highest BCUT2D eigenvalue weighted by atomic mass is 16.3. The summed E-state index contributed by atoms with van der Waals surface area (Å²) in [6.07, 6.45) is -0.473. The topological polar surface area (TPSA) is 40.5 Å². The Morgan fingerprint density at radius 3 is 1.94 bits per heavy atom. The molecule has 0 amide bonds. The van der Waals surface area contributed by atoms with Crippen LogP contribution in [0.15, 0.2) is 60.7 Å². The summed E-state index contributed by atoms with van der Waals surface area (Å²) in [5, 5.41) is 21.2. The molecule has 0 aliphatic rings. The fourth-order valence-corrected chi connectivity index (χ4v) is 2.19. The molecule has 0 spiro atoms. The molecule has 2 nitrogen and oxygen atoms in total. The molecule has 0 aromatic heterocycles. The molecule has 0 heterocycles. The number of rotatable bonds is 4. The highest BCUT2D eigenvalue weighted by Crippen LogP contribution is 2.37. The van der Waals surface area contributed by atoms with Gasteiger partial charge in [0.05, 0.1) is 0 Å². The number of aliphatic hydroxyl groups is 2. The molecule has 2 atom stereocenters. The standard InChI is InChI=1S/C16H18O2/c1-2-16(18,14-11-7-4-8-12-14)15(17)13-9-5-3-6-10-13/h3-12,15,17-18H,2H2,1H3/t15-,16-/m0/s1. The smallest absolute Gasteiger partial charge is 0.119 e. The molecule has 0 fully saturated rings. The van der Waals surface area contributed by atoms with Crippen LogP contribution >= 0.6 is 0 Å². The van der Waals surface area contributed by atoms with Crippen LogP contribution in [0.4, 0.5) is 0 Å². The zero-order valence-electron chi connectivity index (χ0n) is 10.5. The Labute approximate surface area is 108 Å². The van der Waals surface area contributed by atoms with E-state index in [0.29, 0.717) is 6.42 Å². The first-order valence-corrected chi connectivity index (χ1v) is 6.19. The third-order valence-corrected chi connectivity index (χ3v) is 3.38. The maximum Gasteiger partial charge on any atom is 0.119 e. The van der Waals surface area contributed by atoms with Crippen molar-refractivity contribution in [2.45, 2.75) is 25.0 Å². The van der Waals surface area contributed by atoms with Crippen molar-refractivity contribution in [3.8, 4) is 0 Å². The predicted molar refractivity (Wildman–Crippen MR) is 72.0 cm³/mol. The zero-order chi connectivity index (χ0) is 13.0. The molecule has 2 aromatic carbocycles. The number of hydrogen-bond donors (Lipinski definition) is 2. The summed E-state index contributed by atoms with van der Waals surface area (Å²) in [5.74, 6) is 0. The van der Waals surface area contributed by atoms with Gasteiger partial charge in [0.1, 0.15) is 11.7 Å². The van der Waals surface area contributed by atoms with Crippen molar-refractivity contribution in [3.63, 3.8) is 0 Å². The average Bonchev–Trinajstić information content (AvgIpc) is 2.47. The number of hydrogen-bond acceptors (Lipinski definition) is 2. The van der Waals surface area contributed by atoms with Crippen molar-refractivity contribution in [2.75, 3.05) is 0 Å². The molecule has 0 bridgehead atoms. The lowest BCUT2D eigenvalue weighted by atomic mass is 9.82. The van der Waals surface area contributed by atoms with E-state index >= 15 is 0 Å². The van der Waals surface area contributed by atoms with Crippen LogP contribution in [0.1, 0.15) is 30.6 Å². The zero-order valence-corrected chi connectivity index (χ0v) is 10.5. The van der Waals surface area contributed by atoms with E-state index in [0.717, 1.165) is 11.1 Å². The summed E-state index contributed by atoms with van der Waals surface area (Å²) in [6.45, 7) is 1.87. The molecule has 0 saturated carbocycles. The van der Waals surface area contributed by atoms with Crippen LogP contribution in [0.5, 0.6) is 0 Å². The van der Waals surface area contributed by atoms with Crippen molar-refractivity contribution in [2.24, 2.45) is 0 Å². The molecule has 2 N–H and O–H groups in total. The molecule has 2 heteroatoms. The van der Waals surface area contributed by atoms with Gasteiger partial charge < -0.3 is 10.2 Å². The second kappa shape index (κ2) is 5.34. The minimum Gasteiger partial charge on any atom is -0.385 e. The van der Waals surface area contributed by atoms with Crippen molar-refractivity contribution >= 4 is 0 Å². The van der Waals surface area contributed by atoms with E-state index < -0.39 is 11.7 Å². The minimum atomic E-state index is -1.25. The Hall–Kier alpha value is -1.64. The van der Waals surface area contributed by atoms with Crippen LogP contribution < -0.4 is 0 Å². The SMILES string of the molecule is CC[C@](O)(c1ccccc1)[C@@H](O)c1ccccc1. The largest absolute Gasteiger partial charge is 0.385 e. The minimum absolute atomic E-state index is 0.451. The summed E-state index contributed by atoms with van der Waals surface area (Å²) in [4.78, 5) is 0. The Bertz CT molecular complexity index is 481. The van der Waals surface area contributed by atoms with Gasteiger partial charge in [0.15, 0.2) is 0 Å². The molecular weight excluding hydrogens is 224 g/mol. The van der Waals surface area contributed by atoms with Gasteiger partial charge in [0.2, 0.25) is 0 Å². The van der Waals surface area contributed by atoms with E-state index in [9.17, 15) is 10.2 Å². The maximum absolute atomic E-state index is 10.8. The van der Waals surface area contributed by atoms with Crippen LogP contribution in [0.3, 0.4) is 0 Å². The van der Waals surface area contributed by atoms with E-state index in [4.69, 9.17) is 0 Å². The van der Waals surface area contributed by atoms with E-state index in [-0.39, 0.29) is 0 Å². The van der Waals surface area contributed by atoms with Crippen molar-refractivity contribution in [1.82, 2.24) is 0 Å². The Kier molecular flexibility index (Phi) is 3.80. The lowest BCUT2D eigenvalue weighted by molar-refractivity contribution is -0.0858. The van der Waals surface area contributed by atoms with Gasteiger partial charge in [0.25, 0.3) is 0 Å². The fourth-order valence-electron chi connectivity index (χ4n) is 2.19. The van der Waals surface area contributed by atoms with Crippen LogP contribution in [-0.4, -0.2) is 10.2 Å². The molecule has 0 unspecified atom stereocenters. The van der Waals surface area contributed by atoms with Gasteiger partial charge >= 0.3 is 0 Å². The van der Waals surface area contributed by atoms with E-state index in [1.165, 1.54) is 0 Å². The first-order chi connectivity index (χ1) is 8.68. The number of aliphatic hydroxyl groups excluding tert-OH is 1. The summed E-state index contributed by atoms with van der Waals surface area (Å²) < 4.78 is 0. The van der Waals surface area contributed by atoms with Gasteiger partial charge in [-0.25, -0.2) is 0 Å². The maximum atomic E-state index is 10.8. The molecule has 2 rings (SSSR count). The average molecular weight is 242 g/mol.